The van der Waals surface area contributed by atoms with Crippen molar-refractivity contribution in [2.24, 2.45) is 0 Å². The molecule has 1 atom stereocenters. The first kappa shape index (κ1) is 16.6. The van der Waals surface area contributed by atoms with E-state index in [4.69, 9.17) is 10.00 Å². The van der Waals surface area contributed by atoms with E-state index in [1.165, 1.54) is 28.6 Å². The number of benzene rings is 2. The van der Waals surface area contributed by atoms with Crippen molar-refractivity contribution in [1.82, 2.24) is 4.31 Å². The lowest BCUT2D eigenvalue weighted by molar-refractivity contribution is -0.00258. The van der Waals surface area contributed by atoms with Crippen LogP contribution in [0.2, 0.25) is 0 Å². The number of hydrogen-bond acceptors (Lipinski definition) is 4. The standard InChI is InChI=1S/C17H15FN2O3S/c18-15-6-4-14(5-7-15)17-12-20(8-9-23-17)24(21,22)16-3-1-2-13(10-16)11-19/h1-7,10,17H,8-9,12H2/t17-/m0/s1. The fourth-order valence-corrected chi connectivity index (χ4v) is 4.07. The van der Waals surface area contributed by atoms with Gasteiger partial charge in [-0.1, -0.05) is 18.2 Å². The van der Waals surface area contributed by atoms with Crippen LogP contribution in [0.4, 0.5) is 4.39 Å². The molecule has 0 amide bonds. The van der Waals surface area contributed by atoms with Gasteiger partial charge in [-0.05, 0) is 35.9 Å². The highest BCUT2D eigenvalue weighted by Crippen LogP contribution is 2.26. The zero-order valence-electron chi connectivity index (χ0n) is 12.7. The second kappa shape index (κ2) is 6.69. The summed E-state index contributed by atoms with van der Waals surface area (Å²) in [5.74, 6) is -0.354. The van der Waals surface area contributed by atoms with Crippen molar-refractivity contribution >= 4 is 10.0 Å². The van der Waals surface area contributed by atoms with Gasteiger partial charge in [0.05, 0.1) is 29.2 Å². The summed E-state index contributed by atoms with van der Waals surface area (Å²) >= 11 is 0. The van der Waals surface area contributed by atoms with E-state index >= 15 is 0 Å². The monoisotopic (exact) mass is 346 g/mol. The Morgan fingerprint density at radius 1 is 1.21 bits per heavy atom. The molecule has 2 aromatic rings. The smallest absolute Gasteiger partial charge is 0.243 e. The molecule has 1 heterocycles. The zero-order valence-corrected chi connectivity index (χ0v) is 13.5. The van der Waals surface area contributed by atoms with Crippen molar-refractivity contribution in [3.05, 3.63) is 65.5 Å². The molecule has 1 aliphatic heterocycles. The van der Waals surface area contributed by atoms with Crippen LogP contribution in [0.15, 0.2) is 53.4 Å². The summed E-state index contributed by atoms with van der Waals surface area (Å²) in [7, 11) is -3.72. The SMILES string of the molecule is N#Cc1cccc(S(=O)(=O)N2CCO[C@H](c3ccc(F)cc3)C2)c1. The Balaban J connectivity index is 1.85. The van der Waals surface area contributed by atoms with Gasteiger partial charge < -0.3 is 4.74 Å². The number of nitriles is 1. The van der Waals surface area contributed by atoms with Gasteiger partial charge in [-0.25, -0.2) is 12.8 Å². The first-order chi connectivity index (χ1) is 11.5. The van der Waals surface area contributed by atoms with E-state index in [1.807, 2.05) is 6.07 Å². The molecule has 1 fully saturated rings. The van der Waals surface area contributed by atoms with Crippen molar-refractivity contribution in [2.45, 2.75) is 11.0 Å². The maximum Gasteiger partial charge on any atom is 0.243 e. The van der Waals surface area contributed by atoms with E-state index in [0.29, 0.717) is 5.56 Å². The van der Waals surface area contributed by atoms with Gasteiger partial charge in [-0.3, -0.25) is 0 Å². The Morgan fingerprint density at radius 3 is 2.67 bits per heavy atom. The summed E-state index contributed by atoms with van der Waals surface area (Å²) in [5, 5.41) is 8.94. The summed E-state index contributed by atoms with van der Waals surface area (Å²) in [5.41, 5.74) is 1.02. The van der Waals surface area contributed by atoms with Gasteiger partial charge in [-0.2, -0.15) is 9.57 Å². The molecule has 7 heteroatoms. The minimum Gasteiger partial charge on any atom is -0.371 e. The second-order valence-electron chi connectivity index (χ2n) is 5.41. The van der Waals surface area contributed by atoms with E-state index in [-0.39, 0.29) is 30.4 Å². The molecule has 0 N–H and O–H groups in total. The molecular weight excluding hydrogens is 331 g/mol. The fourth-order valence-electron chi connectivity index (χ4n) is 2.60. The van der Waals surface area contributed by atoms with Crippen molar-refractivity contribution in [1.29, 1.82) is 5.26 Å². The Kier molecular flexibility index (Phi) is 4.62. The molecule has 0 unspecified atom stereocenters. The lowest BCUT2D eigenvalue weighted by atomic mass is 10.1. The largest absolute Gasteiger partial charge is 0.371 e. The van der Waals surface area contributed by atoms with Gasteiger partial charge in [0.25, 0.3) is 0 Å². The minimum atomic E-state index is -3.72. The van der Waals surface area contributed by atoms with E-state index in [0.717, 1.165) is 5.56 Å². The summed E-state index contributed by atoms with van der Waals surface area (Å²) < 4.78 is 45.6. The number of halogens is 1. The first-order valence-corrected chi connectivity index (χ1v) is 8.82. The summed E-state index contributed by atoms with van der Waals surface area (Å²) in [4.78, 5) is 0.0845. The molecule has 3 rings (SSSR count). The van der Waals surface area contributed by atoms with Crippen LogP contribution in [0.3, 0.4) is 0 Å². The number of ether oxygens (including phenoxy) is 1. The summed E-state index contributed by atoms with van der Waals surface area (Å²) in [6, 6.07) is 13.7. The van der Waals surface area contributed by atoms with Gasteiger partial charge >= 0.3 is 0 Å². The molecule has 0 saturated carbocycles. The molecule has 0 bridgehead atoms. The zero-order chi connectivity index (χ0) is 17.2. The van der Waals surface area contributed by atoms with E-state index < -0.39 is 16.1 Å². The predicted octanol–water partition coefficient (Wildman–Crippen LogP) is 2.46. The first-order valence-electron chi connectivity index (χ1n) is 7.38. The number of nitrogens with zero attached hydrogens (tertiary/aromatic N) is 2. The molecule has 1 aliphatic rings. The summed E-state index contributed by atoms with van der Waals surface area (Å²) in [6.45, 7) is 0.626. The maximum absolute atomic E-state index is 13.0. The maximum atomic E-state index is 13.0. The van der Waals surface area contributed by atoms with Crippen molar-refractivity contribution in [2.75, 3.05) is 19.7 Å². The third-order valence-corrected chi connectivity index (χ3v) is 5.73. The van der Waals surface area contributed by atoms with Crippen LogP contribution >= 0.6 is 0 Å². The molecule has 124 valence electrons. The highest BCUT2D eigenvalue weighted by Gasteiger charge is 2.31. The van der Waals surface area contributed by atoms with E-state index in [2.05, 4.69) is 0 Å². The quantitative estimate of drug-likeness (QED) is 0.856. The van der Waals surface area contributed by atoms with E-state index in [1.54, 1.807) is 24.3 Å². The fraction of sp³-hybridized carbons (Fsp3) is 0.235. The Labute approximate surface area is 139 Å². The van der Waals surface area contributed by atoms with Gasteiger partial charge in [0.2, 0.25) is 10.0 Å². The molecule has 24 heavy (non-hydrogen) atoms. The molecule has 0 aliphatic carbocycles. The lowest BCUT2D eigenvalue weighted by Crippen LogP contribution is -2.42. The van der Waals surface area contributed by atoms with Gasteiger partial charge in [-0.15, -0.1) is 0 Å². The molecule has 2 aromatic carbocycles. The highest BCUT2D eigenvalue weighted by molar-refractivity contribution is 7.89. The number of hydrogen-bond donors (Lipinski definition) is 0. The van der Waals surface area contributed by atoms with E-state index in [9.17, 15) is 12.8 Å². The molecule has 0 spiro atoms. The van der Waals surface area contributed by atoms with Crippen LogP contribution in [-0.2, 0) is 14.8 Å². The lowest BCUT2D eigenvalue weighted by Gasteiger charge is -2.32. The molecule has 0 radical (unpaired) electrons. The van der Waals surface area contributed by atoms with Crippen LogP contribution in [-0.4, -0.2) is 32.4 Å². The third kappa shape index (κ3) is 3.31. The van der Waals surface area contributed by atoms with Crippen molar-refractivity contribution < 1.29 is 17.5 Å². The molecule has 0 aromatic heterocycles. The van der Waals surface area contributed by atoms with Gasteiger partial charge in [0, 0.05) is 13.1 Å². The van der Waals surface area contributed by atoms with Crippen LogP contribution in [0.25, 0.3) is 0 Å². The predicted molar refractivity (Wildman–Crippen MR) is 85.0 cm³/mol. The van der Waals surface area contributed by atoms with Gasteiger partial charge in [0.15, 0.2) is 0 Å². The van der Waals surface area contributed by atoms with Crippen molar-refractivity contribution in [3.8, 4) is 6.07 Å². The van der Waals surface area contributed by atoms with Crippen LogP contribution in [0.5, 0.6) is 0 Å². The number of sulfonamides is 1. The number of morpholine rings is 1. The van der Waals surface area contributed by atoms with Gasteiger partial charge in [0.1, 0.15) is 5.82 Å². The molecule has 1 saturated heterocycles. The Bertz CT molecular complexity index is 875. The topological polar surface area (TPSA) is 70.4 Å². The average molecular weight is 346 g/mol. The molecular formula is C17H15FN2O3S. The molecule has 5 nitrogen and oxygen atoms in total. The van der Waals surface area contributed by atoms with Crippen LogP contribution in [0, 0.1) is 17.1 Å². The highest BCUT2D eigenvalue weighted by atomic mass is 32.2. The van der Waals surface area contributed by atoms with Crippen LogP contribution in [0.1, 0.15) is 17.2 Å². The van der Waals surface area contributed by atoms with Crippen molar-refractivity contribution in [3.63, 3.8) is 0 Å². The normalized spacial score (nSPS) is 18.9. The average Bonchev–Trinajstić information content (AvgIpc) is 2.62. The summed E-state index contributed by atoms with van der Waals surface area (Å²) in [6.07, 6.45) is -0.451. The van der Waals surface area contributed by atoms with Crippen LogP contribution < -0.4 is 0 Å². The second-order valence-corrected chi connectivity index (χ2v) is 7.35. The third-order valence-electron chi connectivity index (χ3n) is 3.87. The Morgan fingerprint density at radius 2 is 1.96 bits per heavy atom. The Hall–Kier alpha value is -2.27. The minimum absolute atomic E-state index is 0.0845. The number of rotatable bonds is 3.